The summed E-state index contributed by atoms with van der Waals surface area (Å²) in [5.41, 5.74) is -0.936. The molecule has 0 aromatic carbocycles. The molecule has 0 fully saturated rings. The number of carbonyl (C=O) groups excluding carboxylic acids is 3. The number of hydrogen-bond donors (Lipinski definition) is 0. The van der Waals surface area contributed by atoms with Crippen molar-refractivity contribution in [2.45, 2.75) is 278 Å². The van der Waals surface area contributed by atoms with Crippen molar-refractivity contribution in [1.29, 1.82) is 0 Å². The Labute approximate surface area is 366 Å². The van der Waals surface area contributed by atoms with Gasteiger partial charge in [-0.25, -0.2) is 0 Å². The molecular weight excluding hydrogens is 737 g/mol. The zero-order valence-electron chi connectivity index (χ0n) is 40.0. The van der Waals surface area contributed by atoms with Gasteiger partial charge in [0.1, 0.15) is 19.8 Å². The van der Waals surface area contributed by atoms with Crippen LogP contribution in [0.1, 0.15) is 278 Å². The van der Waals surface area contributed by atoms with E-state index in [0.29, 0.717) is 13.0 Å². The summed E-state index contributed by atoms with van der Waals surface area (Å²) in [6.07, 6.45) is 50.7. The Bertz CT molecular complexity index is 887. The van der Waals surface area contributed by atoms with E-state index in [1.807, 2.05) is 0 Å². The number of ether oxygens (including phenoxy) is 4. The zero-order valence-corrected chi connectivity index (χ0v) is 40.0. The van der Waals surface area contributed by atoms with Gasteiger partial charge in [0.05, 0.1) is 12.0 Å². The van der Waals surface area contributed by atoms with Gasteiger partial charge in [-0.15, -0.1) is 0 Å². The molecule has 7 heteroatoms. The van der Waals surface area contributed by atoms with Crippen LogP contribution in [0.4, 0.5) is 0 Å². The topological polar surface area (TPSA) is 88.1 Å². The van der Waals surface area contributed by atoms with Crippen molar-refractivity contribution in [2.75, 3.05) is 33.0 Å². The first-order chi connectivity index (χ1) is 28.8. The quantitative estimate of drug-likeness (QED) is 0.0343. The van der Waals surface area contributed by atoms with Crippen LogP contribution in [0.5, 0.6) is 0 Å². The SMILES string of the molecule is CCCCCCCCCCCCCCCCCCCCCOCC(COC(C)=O)(COC(C)=O)COC(=O)CCCCCCCCCCCCCCCCCCCCC. The first kappa shape index (κ1) is 57.4. The van der Waals surface area contributed by atoms with Crippen molar-refractivity contribution in [3.63, 3.8) is 0 Å². The standard InChI is InChI=1S/C52H100O7/c1-5-7-9-11-13-15-17-19-21-23-25-27-29-31-33-35-37-39-41-43-51(55)59-48-52(46-57-49(3)53,47-58-50(4)54)45-56-44-42-40-38-36-34-32-30-28-26-24-22-20-18-16-14-12-10-8-6-2/h5-48H2,1-4H3. The molecule has 0 saturated carbocycles. The van der Waals surface area contributed by atoms with Crippen LogP contribution in [0.25, 0.3) is 0 Å². The van der Waals surface area contributed by atoms with Crippen molar-refractivity contribution >= 4 is 17.9 Å². The van der Waals surface area contributed by atoms with Gasteiger partial charge in [-0.1, -0.05) is 245 Å². The highest BCUT2D eigenvalue weighted by Crippen LogP contribution is 2.23. The predicted octanol–water partition coefficient (Wildman–Crippen LogP) is 15.9. The van der Waals surface area contributed by atoms with Gasteiger partial charge in [0.2, 0.25) is 0 Å². The zero-order chi connectivity index (χ0) is 43.2. The summed E-state index contributed by atoms with van der Waals surface area (Å²) < 4.78 is 22.5. The Morgan fingerprint density at radius 3 is 0.864 bits per heavy atom. The summed E-state index contributed by atoms with van der Waals surface area (Å²) in [5.74, 6) is -1.14. The van der Waals surface area contributed by atoms with E-state index in [0.717, 1.165) is 32.1 Å². The van der Waals surface area contributed by atoms with Crippen molar-refractivity contribution in [2.24, 2.45) is 5.41 Å². The van der Waals surface area contributed by atoms with Crippen molar-refractivity contribution in [3.8, 4) is 0 Å². The molecule has 0 bridgehead atoms. The lowest BCUT2D eigenvalue weighted by Crippen LogP contribution is -2.43. The van der Waals surface area contributed by atoms with E-state index >= 15 is 0 Å². The second-order valence-electron chi connectivity index (χ2n) is 18.3. The third-order valence-electron chi connectivity index (χ3n) is 12.0. The Hall–Kier alpha value is -1.63. The minimum Gasteiger partial charge on any atom is -0.465 e. The summed E-state index contributed by atoms with van der Waals surface area (Å²) in [6, 6.07) is 0. The molecule has 0 radical (unpaired) electrons. The average molecular weight is 837 g/mol. The van der Waals surface area contributed by atoms with Crippen molar-refractivity contribution in [3.05, 3.63) is 0 Å². The van der Waals surface area contributed by atoms with Gasteiger partial charge < -0.3 is 18.9 Å². The molecule has 0 rings (SSSR count). The molecular formula is C52H100O7. The van der Waals surface area contributed by atoms with Crippen molar-refractivity contribution in [1.82, 2.24) is 0 Å². The average Bonchev–Trinajstić information content (AvgIpc) is 3.22. The summed E-state index contributed by atoms with van der Waals surface area (Å²) in [5, 5.41) is 0. The highest BCUT2D eigenvalue weighted by Gasteiger charge is 2.36. The molecule has 0 aromatic heterocycles. The lowest BCUT2D eigenvalue weighted by atomic mass is 9.92. The van der Waals surface area contributed by atoms with Gasteiger partial charge in [0.25, 0.3) is 0 Å². The van der Waals surface area contributed by atoms with E-state index in [1.54, 1.807) is 0 Å². The smallest absolute Gasteiger partial charge is 0.305 e. The largest absolute Gasteiger partial charge is 0.465 e. The first-order valence-corrected chi connectivity index (χ1v) is 25.9. The molecule has 350 valence electrons. The minimum atomic E-state index is -0.936. The molecule has 0 aromatic rings. The van der Waals surface area contributed by atoms with Gasteiger partial charge in [-0.05, 0) is 12.8 Å². The number of carbonyl (C=O) groups is 3. The lowest BCUT2D eigenvalue weighted by molar-refractivity contribution is -0.165. The maximum absolute atomic E-state index is 12.7. The molecule has 0 aliphatic carbocycles. The monoisotopic (exact) mass is 837 g/mol. The van der Waals surface area contributed by atoms with E-state index in [-0.39, 0.29) is 32.4 Å². The third-order valence-corrected chi connectivity index (χ3v) is 12.0. The molecule has 0 aliphatic heterocycles. The summed E-state index contributed by atoms with van der Waals surface area (Å²) in [4.78, 5) is 36.2. The predicted molar refractivity (Wildman–Crippen MR) is 249 cm³/mol. The molecule has 0 unspecified atom stereocenters. The minimum absolute atomic E-state index is 0.0231. The van der Waals surface area contributed by atoms with Gasteiger partial charge >= 0.3 is 17.9 Å². The van der Waals surface area contributed by atoms with E-state index in [1.165, 1.54) is 226 Å². The normalized spacial score (nSPS) is 11.6. The van der Waals surface area contributed by atoms with E-state index in [9.17, 15) is 14.4 Å². The highest BCUT2D eigenvalue weighted by atomic mass is 16.6. The van der Waals surface area contributed by atoms with Crippen molar-refractivity contribution < 1.29 is 33.3 Å². The van der Waals surface area contributed by atoms with Gasteiger partial charge in [-0.2, -0.15) is 0 Å². The number of rotatable bonds is 48. The summed E-state index contributed by atoms with van der Waals surface area (Å²) in [7, 11) is 0. The maximum Gasteiger partial charge on any atom is 0.305 e. The Morgan fingerprint density at radius 2 is 0.576 bits per heavy atom. The number of hydrogen-bond acceptors (Lipinski definition) is 7. The third kappa shape index (κ3) is 44.2. The number of esters is 3. The Morgan fingerprint density at radius 1 is 0.322 bits per heavy atom. The Balaban J connectivity index is 4.07. The molecule has 0 heterocycles. The van der Waals surface area contributed by atoms with Crippen LogP contribution in [-0.2, 0) is 33.3 Å². The molecule has 0 N–H and O–H groups in total. The second kappa shape index (κ2) is 45.9. The van der Waals surface area contributed by atoms with Crippen LogP contribution in [-0.4, -0.2) is 50.9 Å². The molecule has 0 amide bonds. The van der Waals surface area contributed by atoms with Gasteiger partial charge in [-0.3, -0.25) is 14.4 Å². The molecule has 0 aliphatic rings. The van der Waals surface area contributed by atoms with Crippen LogP contribution >= 0.6 is 0 Å². The molecule has 0 atom stereocenters. The van der Waals surface area contributed by atoms with Gasteiger partial charge in [0.15, 0.2) is 0 Å². The van der Waals surface area contributed by atoms with Gasteiger partial charge in [0, 0.05) is 26.9 Å². The summed E-state index contributed by atoms with van der Waals surface area (Å²) >= 11 is 0. The van der Waals surface area contributed by atoms with E-state index in [2.05, 4.69) is 13.8 Å². The van der Waals surface area contributed by atoms with Crippen LogP contribution in [0.2, 0.25) is 0 Å². The van der Waals surface area contributed by atoms with E-state index in [4.69, 9.17) is 18.9 Å². The second-order valence-corrected chi connectivity index (χ2v) is 18.3. The fourth-order valence-electron chi connectivity index (χ4n) is 7.98. The van der Waals surface area contributed by atoms with Crippen LogP contribution in [0, 0.1) is 5.41 Å². The first-order valence-electron chi connectivity index (χ1n) is 25.9. The molecule has 59 heavy (non-hydrogen) atoms. The maximum atomic E-state index is 12.7. The molecule has 0 saturated heterocycles. The van der Waals surface area contributed by atoms with Crippen LogP contribution < -0.4 is 0 Å². The van der Waals surface area contributed by atoms with E-state index < -0.39 is 17.4 Å². The Kier molecular flexibility index (Phi) is 44.6. The fourth-order valence-corrected chi connectivity index (χ4v) is 7.98. The molecule has 7 nitrogen and oxygen atoms in total. The molecule has 0 spiro atoms. The lowest BCUT2D eigenvalue weighted by Gasteiger charge is -2.31. The van der Waals surface area contributed by atoms with Crippen LogP contribution in [0.15, 0.2) is 0 Å². The highest BCUT2D eigenvalue weighted by molar-refractivity contribution is 5.69. The van der Waals surface area contributed by atoms with Crippen LogP contribution in [0.3, 0.4) is 0 Å². The fraction of sp³-hybridized carbons (Fsp3) is 0.942. The number of unbranched alkanes of at least 4 members (excludes halogenated alkanes) is 36. The summed E-state index contributed by atoms with van der Waals surface area (Å²) in [6.45, 7) is 7.90.